The first kappa shape index (κ1) is 38.0. The van der Waals surface area contributed by atoms with Gasteiger partial charge in [-0.05, 0) is 116 Å². The smallest absolute Gasteiger partial charge is 0.104 e. The molecule has 0 saturated carbocycles. The van der Waals surface area contributed by atoms with Crippen molar-refractivity contribution >= 4 is 65.2 Å². The van der Waals surface area contributed by atoms with Crippen LogP contribution in [0, 0.1) is 0 Å². The van der Waals surface area contributed by atoms with Gasteiger partial charge in [0.15, 0.2) is 0 Å². The number of aliphatic hydroxyl groups is 1. The van der Waals surface area contributed by atoms with Crippen molar-refractivity contribution < 1.29 is 5.11 Å². The fourth-order valence-corrected chi connectivity index (χ4v) is 10.5. The topological polar surface area (TPSA) is 30.1 Å². The summed E-state index contributed by atoms with van der Waals surface area (Å²) in [5.74, 6) is 0.395. The predicted molar refractivity (Wildman–Crippen MR) is 269 cm³/mol. The largest absolute Gasteiger partial charge is 0.384 e. The number of hydrogen-bond acceptors (Lipinski definition) is 1. The molecule has 0 radical (unpaired) electrons. The van der Waals surface area contributed by atoms with Crippen molar-refractivity contribution in [2.45, 2.75) is 31.8 Å². The molecule has 1 N–H and O–H groups in total. The maximum atomic E-state index is 11.8. The highest BCUT2D eigenvalue weighted by Crippen LogP contribution is 2.40. The summed E-state index contributed by atoms with van der Waals surface area (Å²) >= 11 is 0. The van der Waals surface area contributed by atoms with E-state index in [-0.39, 0.29) is 11.8 Å². The number of benzene rings is 10. The number of hydrogen-bond donors (Lipinski definition) is 1. The molecule has 0 fully saturated rings. The van der Waals surface area contributed by atoms with Gasteiger partial charge in [-0.3, -0.25) is 0 Å². The Kier molecular flexibility index (Phi) is 9.06. The number of aliphatic hydroxyl groups excluding tert-OH is 1. The maximum Gasteiger partial charge on any atom is 0.104 e. The maximum absolute atomic E-state index is 11.8. The Bertz CT molecular complexity index is 3520. The van der Waals surface area contributed by atoms with E-state index in [4.69, 9.17) is 0 Å². The highest BCUT2D eigenvalue weighted by molar-refractivity contribution is 6.10. The van der Waals surface area contributed by atoms with Crippen molar-refractivity contribution in [1.29, 1.82) is 0 Å². The summed E-state index contributed by atoms with van der Waals surface area (Å²) in [4.78, 5) is 0. The van der Waals surface area contributed by atoms with Gasteiger partial charge in [-0.1, -0.05) is 172 Å². The quantitative estimate of drug-likeness (QED) is 0.163. The van der Waals surface area contributed by atoms with Crippen LogP contribution in [0.5, 0.6) is 0 Å². The fraction of sp³-hybridized carbons (Fsp3) is 0.0820. The minimum atomic E-state index is -0.768. The summed E-state index contributed by atoms with van der Waals surface area (Å²) in [6.45, 7) is 4.66. The van der Waals surface area contributed by atoms with E-state index in [2.05, 4.69) is 241 Å². The number of nitrogens with zero attached hydrogens (tertiary/aromatic N) is 2. The second-order valence-corrected chi connectivity index (χ2v) is 17.4. The molecule has 12 aromatic rings. The minimum absolute atomic E-state index is 0.198. The van der Waals surface area contributed by atoms with Gasteiger partial charge in [-0.25, -0.2) is 0 Å². The van der Waals surface area contributed by atoms with Gasteiger partial charge in [-0.15, -0.1) is 0 Å². The van der Waals surface area contributed by atoms with Crippen molar-refractivity contribution in [1.82, 2.24) is 9.13 Å². The third-order valence-electron chi connectivity index (χ3n) is 13.9. The normalized spacial score (nSPS) is 13.4. The Labute approximate surface area is 372 Å². The molecular formula is C61H46N2O. The van der Waals surface area contributed by atoms with Crippen molar-refractivity contribution in [2.75, 3.05) is 0 Å². The number of fused-ring (bicyclic) bond motifs is 8. The Morgan fingerprint density at radius 3 is 1.09 bits per heavy atom. The molecule has 3 atom stereocenters. The monoisotopic (exact) mass is 822 g/mol. The van der Waals surface area contributed by atoms with Crippen LogP contribution < -0.4 is 0 Å². The summed E-state index contributed by atoms with van der Waals surface area (Å²) in [5, 5.41) is 21.9. The molecule has 3 nitrogen and oxygen atoms in total. The van der Waals surface area contributed by atoms with Gasteiger partial charge in [0.2, 0.25) is 0 Å². The van der Waals surface area contributed by atoms with E-state index in [0.29, 0.717) is 0 Å². The van der Waals surface area contributed by atoms with E-state index in [1.165, 1.54) is 76.4 Å². The molecule has 3 heteroatoms. The first-order valence-electron chi connectivity index (χ1n) is 22.4. The minimum Gasteiger partial charge on any atom is -0.384 e. The van der Waals surface area contributed by atoms with Crippen LogP contribution in [0.4, 0.5) is 0 Å². The molecule has 64 heavy (non-hydrogen) atoms. The zero-order chi connectivity index (χ0) is 42.9. The van der Waals surface area contributed by atoms with E-state index in [0.717, 1.165) is 33.5 Å². The van der Waals surface area contributed by atoms with Crippen molar-refractivity contribution in [3.05, 3.63) is 252 Å². The van der Waals surface area contributed by atoms with Gasteiger partial charge in [-0.2, -0.15) is 0 Å². The molecule has 0 amide bonds. The second-order valence-electron chi connectivity index (χ2n) is 17.4. The van der Waals surface area contributed by atoms with Crippen molar-refractivity contribution in [3.63, 3.8) is 0 Å². The molecule has 2 aromatic heterocycles. The SMILES string of the molecule is CC(c1ccc2c(c1)c1cc(C(C)c3cccc4ccccc34)ccc1n2-c1ccc(C(O)c2ccc(-n3c4ccccc4c4ccccc43)cc2)cc1)c1cccc2ccccc12. The molecule has 306 valence electrons. The van der Waals surface area contributed by atoms with Crippen LogP contribution in [0.15, 0.2) is 218 Å². The van der Waals surface area contributed by atoms with Gasteiger partial charge in [0.25, 0.3) is 0 Å². The predicted octanol–water partition coefficient (Wildman–Crippen LogP) is 15.6. The third kappa shape index (κ3) is 6.15. The lowest BCUT2D eigenvalue weighted by molar-refractivity contribution is 0.220. The van der Waals surface area contributed by atoms with Gasteiger partial charge in [0, 0.05) is 44.8 Å². The third-order valence-corrected chi connectivity index (χ3v) is 13.9. The summed E-state index contributed by atoms with van der Waals surface area (Å²) in [5.41, 5.74) is 13.7. The van der Waals surface area contributed by atoms with Crippen LogP contribution in [-0.4, -0.2) is 14.2 Å². The van der Waals surface area contributed by atoms with E-state index in [9.17, 15) is 5.11 Å². The molecular weight excluding hydrogens is 777 g/mol. The van der Waals surface area contributed by atoms with Crippen LogP contribution in [0.1, 0.15) is 65.2 Å². The highest BCUT2D eigenvalue weighted by Gasteiger charge is 2.21. The van der Waals surface area contributed by atoms with Gasteiger partial charge >= 0.3 is 0 Å². The van der Waals surface area contributed by atoms with Crippen LogP contribution in [0.25, 0.3) is 76.5 Å². The van der Waals surface area contributed by atoms with Gasteiger partial charge in [0.1, 0.15) is 6.10 Å². The molecule has 0 saturated heterocycles. The van der Waals surface area contributed by atoms with E-state index >= 15 is 0 Å². The molecule has 2 heterocycles. The van der Waals surface area contributed by atoms with Crippen LogP contribution in [0.3, 0.4) is 0 Å². The lowest BCUT2D eigenvalue weighted by Crippen LogP contribution is -2.02. The highest BCUT2D eigenvalue weighted by atomic mass is 16.3. The second kappa shape index (κ2) is 15.3. The van der Waals surface area contributed by atoms with Crippen molar-refractivity contribution in [2.24, 2.45) is 0 Å². The standard InChI is InChI=1S/C61H46N2O/c1-39(49-21-11-15-41-13-3-5-17-51(41)49)45-29-35-59-55(37-45)56-38-46(40(2)50-22-12-16-42-14-4-6-18-52(42)50)30-36-60(56)63(59)48-33-27-44(28-34-48)61(64)43-25-31-47(32-26-43)62-57-23-9-7-19-53(57)54-20-8-10-24-58(54)62/h3-40,61,64H,1-2H3. The summed E-state index contributed by atoms with van der Waals surface area (Å²) in [7, 11) is 0. The average Bonchev–Trinajstić information content (AvgIpc) is 3.87. The Balaban J connectivity index is 0.930. The zero-order valence-corrected chi connectivity index (χ0v) is 35.9. The fourth-order valence-electron chi connectivity index (χ4n) is 10.5. The Morgan fingerprint density at radius 2 is 0.656 bits per heavy atom. The molecule has 12 rings (SSSR count). The molecule has 0 aliphatic heterocycles. The molecule has 0 aliphatic rings. The van der Waals surface area contributed by atoms with Crippen molar-refractivity contribution in [3.8, 4) is 11.4 Å². The van der Waals surface area contributed by atoms with Crippen LogP contribution in [0.2, 0.25) is 0 Å². The van der Waals surface area contributed by atoms with Crippen LogP contribution in [-0.2, 0) is 0 Å². The molecule has 3 unspecified atom stereocenters. The number of aromatic nitrogens is 2. The average molecular weight is 823 g/mol. The molecule has 10 aromatic carbocycles. The Hall–Kier alpha value is -7.72. The van der Waals surface area contributed by atoms with Crippen LogP contribution >= 0.6 is 0 Å². The summed E-state index contributed by atoms with van der Waals surface area (Å²) in [6.07, 6.45) is -0.768. The molecule has 0 spiro atoms. The van der Waals surface area contributed by atoms with Gasteiger partial charge < -0.3 is 14.2 Å². The summed E-state index contributed by atoms with van der Waals surface area (Å²) in [6, 6.07) is 78.7. The van der Waals surface area contributed by atoms with E-state index in [1.807, 2.05) is 0 Å². The first-order chi connectivity index (χ1) is 31.5. The number of para-hydroxylation sites is 2. The number of rotatable bonds is 8. The lowest BCUT2D eigenvalue weighted by atomic mass is 9.87. The van der Waals surface area contributed by atoms with Gasteiger partial charge in [0.05, 0.1) is 22.1 Å². The molecule has 0 aliphatic carbocycles. The zero-order valence-electron chi connectivity index (χ0n) is 35.9. The van der Waals surface area contributed by atoms with E-state index in [1.54, 1.807) is 0 Å². The molecule has 0 bridgehead atoms. The first-order valence-corrected chi connectivity index (χ1v) is 22.4. The Morgan fingerprint density at radius 1 is 0.312 bits per heavy atom. The lowest BCUT2D eigenvalue weighted by Gasteiger charge is -2.16. The summed E-state index contributed by atoms with van der Waals surface area (Å²) < 4.78 is 4.70. The van der Waals surface area contributed by atoms with E-state index < -0.39 is 6.10 Å².